The maximum atomic E-state index is 12.2. The number of nitrogens with one attached hydrogen (secondary N) is 3. The van der Waals surface area contributed by atoms with Crippen molar-refractivity contribution in [3.05, 3.63) is 36.5 Å². The lowest BCUT2D eigenvalue weighted by Gasteiger charge is -2.15. The standard InChI is InChI=1S/C14H16N4O/c1-9-8-16-18-12(9)14(19)17-11-6-2-4-10-5-3-7-15-13(10)11/h2-7,9,12,16,18H,8H2,1H3,(H,17,19). The molecule has 2 unspecified atom stereocenters. The third kappa shape index (κ3) is 2.30. The Morgan fingerprint density at radius 1 is 1.37 bits per heavy atom. The van der Waals surface area contributed by atoms with E-state index >= 15 is 0 Å². The molecule has 0 spiro atoms. The number of amides is 1. The van der Waals surface area contributed by atoms with E-state index in [1.165, 1.54) is 0 Å². The van der Waals surface area contributed by atoms with Gasteiger partial charge in [0.1, 0.15) is 6.04 Å². The van der Waals surface area contributed by atoms with Crippen molar-refractivity contribution in [2.75, 3.05) is 11.9 Å². The van der Waals surface area contributed by atoms with Crippen LogP contribution < -0.4 is 16.2 Å². The minimum atomic E-state index is -0.209. The van der Waals surface area contributed by atoms with Crippen LogP contribution in [0.2, 0.25) is 0 Å². The fourth-order valence-corrected chi connectivity index (χ4v) is 2.33. The fraction of sp³-hybridized carbons (Fsp3) is 0.286. The molecule has 1 fully saturated rings. The van der Waals surface area contributed by atoms with Crippen molar-refractivity contribution in [3.63, 3.8) is 0 Å². The number of hydrogen-bond acceptors (Lipinski definition) is 4. The highest BCUT2D eigenvalue weighted by Gasteiger charge is 2.29. The van der Waals surface area contributed by atoms with Gasteiger partial charge in [0, 0.05) is 18.1 Å². The van der Waals surface area contributed by atoms with E-state index < -0.39 is 0 Å². The Balaban J connectivity index is 1.87. The van der Waals surface area contributed by atoms with Gasteiger partial charge in [-0.3, -0.25) is 15.2 Å². The molecule has 3 N–H and O–H groups in total. The van der Waals surface area contributed by atoms with E-state index in [0.29, 0.717) is 0 Å². The van der Waals surface area contributed by atoms with Crippen molar-refractivity contribution in [3.8, 4) is 0 Å². The number of pyridine rings is 1. The summed E-state index contributed by atoms with van der Waals surface area (Å²) in [4.78, 5) is 16.6. The number of rotatable bonds is 2. The molecule has 1 aromatic carbocycles. The van der Waals surface area contributed by atoms with Crippen LogP contribution in [-0.2, 0) is 4.79 Å². The highest BCUT2D eigenvalue weighted by molar-refractivity contribution is 6.02. The predicted octanol–water partition coefficient (Wildman–Crippen LogP) is 1.29. The number of anilines is 1. The number of aromatic nitrogens is 1. The quantitative estimate of drug-likeness (QED) is 0.757. The van der Waals surface area contributed by atoms with Crippen molar-refractivity contribution in [1.82, 2.24) is 15.8 Å². The van der Waals surface area contributed by atoms with Crippen LogP contribution in [0.5, 0.6) is 0 Å². The maximum absolute atomic E-state index is 12.2. The summed E-state index contributed by atoms with van der Waals surface area (Å²) in [7, 11) is 0. The van der Waals surface area contributed by atoms with E-state index in [1.807, 2.05) is 37.3 Å². The summed E-state index contributed by atoms with van der Waals surface area (Å²) in [5, 5.41) is 3.97. The first-order valence-electron chi connectivity index (χ1n) is 6.39. The lowest BCUT2D eigenvalue weighted by Crippen LogP contribution is -2.41. The zero-order valence-electron chi connectivity index (χ0n) is 10.7. The van der Waals surface area contributed by atoms with E-state index in [-0.39, 0.29) is 17.9 Å². The molecule has 2 aromatic rings. The molecular weight excluding hydrogens is 240 g/mol. The first-order valence-corrected chi connectivity index (χ1v) is 6.39. The van der Waals surface area contributed by atoms with Gasteiger partial charge < -0.3 is 5.32 Å². The number of fused-ring (bicyclic) bond motifs is 1. The molecule has 0 bridgehead atoms. The van der Waals surface area contributed by atoms with Gasteiger partial charge in [-0.15, -0.1) is 0 Å². The normalized spacial score (nSPS) is 22.6. The topological polar surface area (TPSA) is 66.0 Å². The van der Waals surface area contributed by atoms with Crippen LogP contribution in [0, 0.1) is 5.92 Å². The molecule has 1 saturated heterocycles. The Labute approximate surface area is 111 Å². The number of carbonyl (C=O) groups is 1. The van der Waals surface area contributed by atoms with Crippen LogP contribution in [0.1, 0.15) is 6.92 Å². The zero-order chi connectivity index (χ0) is 13.2. The highest BCUT2D eigenvalue weighted by Crippen LogP contribution is 2.21. The summed E-state index contributed by atoms with van der Waals surface area (Å²) in [5.41, 5.74) is 7.56. The molecule has 3 rings (SSSR count). The van der Waals surface area contributed by atoms with E-state index in [0.717, 1.165) is 23.1 Å². The summed E-state index contributed by atoms with van der Waals surface area (Å²) in [6, 6.07) is 9.44. The number of carbonyl (C=O) groups excluding carboxylic acids is 1. The molecule has 2 heterocycles. The number of nitrogens with zero attached hydrogens (tertiary/aromatic N) is 1. The second-order valence-corrected chi connectivity index (χ2v) is 4.85. The number of para-hydroxylation sites is 1. The van der Waals surface area contributed by atoms with Gasteiger partial charge in [-0.1, -0.05) is 25.1 Å². The van der Waals surface area contributed by atoms with E-state index in [9.17, 15) is 4.79 Å². The highest BCUT2D eigenvalue weighted by atomic mass is 16.2. The molecule has 98 valence electrons. The molecule has 1 amide bonds. The minimum Gasteiger partial charge on any atom is -0.323 e. The number of benzene rings is 1. The maximum Gasteiger partial charge on any atom is 0.243 e. The monoisotopic (exact) mass is 256 g/mol. The van der Waals surface area contributed by atoms with Crippen molar-refractivity contribution in [2.24, 2.45) is 5.92 Å². The Bertz CT molecular complexity index is 608. The molecule has 1 aliphatic rings. The summed E-state index contributed by atoms with van der Waals surface area (Å²) < 4.78 is 0. The molecule has 1 aromatic heterocycles. The van der Waals surface area contributed by atoms with Crippen molar-refractivity contribution < 1.29 is 4.79 Å². The van der Waals surface area contributed by atoms with Gasteiger partial charge in [0.25, 0.3) is 0 Å². The van der Waals surface area contributed by atoms with Crippen LogP contribution in [0.15, 0.2) is 36.5 Å². The molecule has 0 saturated carbocycles. The van der Waals surface area contributed by atoms with E-state index in [4.69, 9.17) is 0 Å². The molecule has 0 radical (unpaired) electrons. The van der Waals surface area contributed by atoms with E-state index in [2.05, 4.69) is 21.2 Å². The lowest BCUT2D eigenvalue weighted by molar-refractivity contribution is -0.118. The summed E-state index contributed by atoms with van der Waals surface area (Å²) in [5.74, 6) is 0.235. The average Bonchev–Trinajstić information content (AvgIpc) is 2.85. The molecular formula is C14H16N4O. The van der Waals surface area contributed by atoms with Crippen LogP contribution in [0.3, 0.4) is 0 Å². The van der Waals surface area contributed by atoms with Crippen LogP contribution in [0.25, 0.3) is 10.9 Å². The van der Waals surface area contributed by atoms with Crippen molar-refractivity contribution in [2.45, 2.75) is 13.0 Å². The summed E-state index contributed by atoms with van der Waals surface area (Å²) >= 11 is 0. The van der Waals surface area contributed by atoms with Crippen molar-refractivity contribution >= 4 is 22.5 Å². The summed E-state index contributed by atoms with van der Waals surface area (Å²) in [6.07, 6.45) is 1.73. The molecule has 5 nitrogen and oxygen atoms in total. The number of hydrogen-bond donors (Lipinski definition) is 3. The Morgan fingerprint density at radius 2 is 2.21 bits per heavy atom. The molecule has 1 aliphatic heterocycles. The fourth-order valence-electron chi connectivity index (χ4n) is 2.33. The van der Waals surface area contributed by atoms with Crippen molar-refractivity contribution in [1.29, 1.82) is 0 Å². The van der Waals surface area contributed by atoms with Gasteiger partial charge in [0.15, 0.2) is 0 Å². The first-order chi connectivity index (χ1) is 9.25. The van der Waals surface area contributed by atoms with Gasteiger partial charge in [0.05, 0.1) is 11.2 Å². The van der Waals surface area contributed by atoms with Gasteiger partial charge in [-0.2, -0.15) is 0 Å². The Hall–Kier alpha value is -1.98. The lowest BCUT2D eigenvalue weighted by atomic mass is 10.0. The van der Waals surface area contributed by atoms with E-state index in [1.54, 1.807) is 6.20 Å². The second kappa shape index (κ2) is 4.95. The van der Waals surface area contributed by atoms with Gasteiger partial charge in [0.2, 0.25) is 5.91 Å². The van der Waals surface area contributed by atoms with Crippen LogP contribution in [0.4, 0.5) is 5.69 Å². The number of hydrazine groups is 1. The average molecular weight is 256 g/mol. The first kappa shape index (κ1) is 12.1. The van der Waals surface area contributed by atoms with Gasteiger partial charge in [-0.25, -0.2) is 5.43 Å². The third-order valence-electron chi connectivity index (χ3n) is 3.42. The Morgan fingerprint density at radius 3 is 3.00 bits per heavy atom. The molecule has 2 atom stereocenters. The van der Waals surface area contributed by atoms with Crippen LogP contribution >= 0.6 is 0 Å². The predicted molar refractivity (Wildman–Crippen MR) is 74.5 cm³/mol. The summed E-state index contributed by atoms with van der Waals surface area (Å²) in [6.45, 7) is 2.84. The molecule has 5 heteroatoms. The molecule has 19 heavy (non-hydrogen) atoms. The van der Waals surface area contributed by atoms with Gasteiger partial charge >= 0.3 is 0 Å². The third-order valence-corrected chi connectivity index (χ3v) is 3.42. The Kier molecular flexibility index (Phi) is 3.15. The zero-order valence-corrected chi connectivity index (χ0v) is 10.7. The van der Waals surface area contributed by atoms with Gasteiger partial charge in [-0.05, 0) is 18.1 Å². The minimum absolute atomic E-state index is 0.0318. The SMILES string of the molecule is CC1CNNC1C(=O)Nc1cccc2cccnc12. The smallest absolute Gasteiger partial charge is 0.243 e. The molecule has 0 aliphatic carbocycles. The largest absolute Gasteiger partial charge is 0.323 e. The van der Waals surface area contributed by atoms with Crippen LogP contribution in [-0.4, -0.2) is 23.5 Å². The second-order valence-electron chi connectivity index (χ2n) is 4.85.